The first-order valence-electron chi connectivity index (χ1n) is 5.64. The van der Waals surface area contributed by atoms with Gasteiger partial charge in [0.25, 0.3) is 0 Å². The fraction of sp³-hybridized carbons (Fsp3) is 0.214. The van der Waals surface area contributed by atoms with Crippen LogP contribution in [0.15, 0.2) is 53.3 Å². The van der Waals surface area contributed by atoms with Gasteiger partial charge in [-0.2, -0.15) is 0 Å². The molecule has 2 rings (SSSR count). The topological polar surface area (TPSA) is 24.9 Å². The van der Waals surface area contributed by atoms with Crippen molar-refractivity contribution in [2.24, 2.45) is 0 Å². The van der Waals surface area contributed by atoms with Crippen LogP contribution in [0.4, 0.5) is 0 Å². The number of benzene rings is 1. The van der Waals surface area contributed by atoms with E-state index in [4.69, 9.17) is 0 Å². The Morgan fingerprint density at radius 3 is 2.59 bits per heavy atom. The second-order valence-corrected chi connectivity index (χ2v) is 4.83. The van der Waals surface area contributed by atoms with Gasteiger partial charge in [0.15, 0.2) is 0 Å². The molecule has 0 saturated heterocycles. The fourth-order valence-corrected chi connectivity index (χ4v) is 2.10. The lowest BCUT2D eigenvalue weighted by Gasteiger charge is -2.14. The summed E-state index contributed by atoms with van der Waals surface area (Å²) in [6, 6.07) is 12.7. The van der Waals surface area contributed by atoms with E-state index >= 15 is 0 Å². The van der Waals surface area contributed by atoms with Crippen LogP contribution in [-0.2, 0) is 6.54 Å². The van der Waals surface area contributed by atoms with Crippen molar-refractivity contribution in [2.75, 3.05) is 0 Å². The van der Waals surface area contributed by atoms with Gasteiger partial charge >= 0.3 is 0 Å². The zero-order chi connectivity index (χ0) is 12.1. The minimum absolute atomic E-state index is 0.324. The second-order valence-electron chi connectivity index (χ2n) is 3.97. The van der Waals surface area contributed by atoms with E-state index in [1.807, 2.05) is 30.6 Å². The summed E-state index contributed by atoms with van der Waals surface area (Å²) in [7, 11) is 0. The number of hydrogen-bond acceptors (Lipinski definition) is 2. The summed E-state index contributed by atoms with van der Waals surface area (Å²) < 4.78 is 1.15. The number of rotatable bonds is 4. The maximum Gasteiger partial charge on any atom is 0.0296 e. The van der Waals surface area contributed by atoms with Gasteiger partial charge in [0.05, 0.1) is 0 Å². The smallest absolute Gasteiger partial charge is 0.0296 e. The summed E-state index contributed by atoms with van der Waals surface area (Å²) in [5.74, 6) is 0. The molecule has 1 aromatic heterocycles. The Bertz CT molecular complexity index is 471. The van der Waals surface area contributed by atoms with E-state index in [-0.39, 0.29) is 0 Å². The van der Waals surface area contributed by atoms with Crippen molar-refractivity contribution >= 4 is 15.9 Å². The zero-order valence-corrected chi connectivity index (χ0v) is 11.3. The van der Waals surface area contributed by atoms with Crippen molar-refractivity contribution in [1.82, 2.24) is 10.3 Å². The van der Waals surface area contributed by atoms with Crippen LogP contribution in [0.5, 0.6) is 0 Å². The van der Waals surface area contributed by atoms with Gasteiger partial charge in [-0.25, -0.2) is 0 Å². The first-order chi connectivity index (χ1) is 8.27. The van der Waals surface area contributed by atoms with E-state index < -0.39 is 0 Å². The molecule has 0 aliphatic heterocycles. The molecule has 3 heteroatoms. The SMILES string of the molecule is CC(NCc1ccccc1Br)c1ccncc1. The minimum atomic E-state index is 0.324. The van der Waals surface area contributed by atoms with Gasteiger partial charge in [-0.3, -0.25) is 4.98 Å². The van der Waals surface area contributed by atoms with Crippen LogP contribution in [0.1, 0.15) is 24.1 Å². The molecule has 0 aliphatic rings. The molecule has 0 radical (unpaired) electrons. The first-order valence-corrected chi connectivity index (χ1v) is 6.43. The number of pyridine rings is 1. The van der Waals surface area contributed by atoms with Gasteiger partial charge in [-0.05, 0) is 36.2 Å². The average molecular weight is 291 g/mol. The number of nitrogens with one attached hydrogen (secondary N) is 1. The lowest BCUT2D eigenvalue weighted by molar-refractivity contribution is 0.573. The maximum atomic E-state index is 4.02. The van der Waals surface area contributed by atoms with Crippen molar-refractivity contribution in [1.29, 1.82) is 0 Å². The second kappa shape index (κ2) is 5.94. The summed E-state index contributed by atoms with van der Waals surface area (Å²) in [5, 5.41) is 3.50. The molecule has 0 spiro atoms. The molecule has 1 heterocycles. The normalized spacial score (nSPS) is 12.4. The molecule has 0 bridgehead atoms. The van der Waals surface area contributed by atoms with Gasteiger partial charge in [-0.1, -0.05) is 34.1 Å². The predicted octanol–water partition coefficient (Wildman–Crippen LogP) is 3.69. The van der Waals surface area contributed by atoms with Crippen molar-refractivity contribution in [3.05, 3.63) is 64.4 Å². The molecule has 2 nitrogen and oxygen atoms in total. The van der Waals surface area contributed by atoms with E-state index in [1.165, 1.54) is 11.1 Å². The summed E-state index contributed by atoms with van der Waals surface area (Å²) in [5.41, 5.74) is 2.53. The van der Waals surface area contributed by atoms with E-state index in [1.54, 1.807) is 0 Å². The Kier molecular flexibility index (Phi) is 4.29. The quantitative estimate of drug-likeness (QED) is 0.929. The first kappa shape index (κ1) is 12.3. The third kappa shape index (κ3) is 3.38. The van der Waals surface area contributed by atoms with Crippen LogP contribution < -0.4 is 5.32 Å². The standard InChI is InChI=1S/C14H15BrN2/c1-11(12-6-8-16-9-7-12)17-10-13-4-2-3-5-14(13)15/h2-9,11,17H,10H2,1H3. The Morgan fingerprint density at radius 2 is 1.88 bits per heavy atom. The molecule has 17 heavy (non-hydrogen) atoms. The van der Waals surface area contributed by atoms with Crippen molar-refractivity contribution in [3.8, 4) is 0 Å². The molecule has 0 amide bonds. The predicted molar refractivity (Wildman–Crippen MR) is 73.6 cm³/mol. The summed E-state index contributed by atoms with van der Waals surface area (Å²) in [6.45, 7) is 3.01. The molecule has 88 valence electrons. The Labute approximate surface area is 110 Å². The van der Waals surface area contributed by atoms with Crippen LogP contribution in [0, 0.1) is 0 Å². The fourth-order valence-electron chi connectivity index (χ4n) is 1.67. The lowest BCUT2D eigenvalue weighted by Crippen LogP contribution is -2.18. The molecule has 1 unspecified atom stereocenters. The Hall–Kier alpha value is -1.19. The molecule has 0 aliphatic carbocycles. The Balaban J connectivity index is 1.97. The molecular formula is C14H15BrN2. The summed E-state index contributed by atoms with van der Waals surface area (Å²) >= 11 is 3.55. The molecule has 1 N–H and O–H groups in total. The van der Waals surface area contributed by atoms with Crippen molar-refractivity contribution < 1.29 is 0 Å². The number of halogens is 1. The van der Waals surface area contributed by atoms with Gasteiger partial charge in [0, 0.05) is 29.5 Å². The van der Waals surface area contributed by atoms with Gasteiger partial charge < -0.3 is 5.32 Å². The van der Waals surface area contributed by atoms with Crippen LogP contribution in [-0.4, -0.2) is 4.98 Å². The summed E-state index contributed by atoms with van der Waals surface area (Å²) in [6.07, 6.45) is 3.65. The third-order valence-corrected chi connectivity index (χ3v) is 3.54. The highest BCUT2D eigenvalue weighted by atomic mass is 79.9. The monoisotopic (exact) mass is 290 g/mol. The lowest BCUT2D eigenvalue weighted by atomic mass is 10.1. The van der Waals surface area contributed by atoms with Crippen molar-refractivity contribution in [2.45, 2.75) is 19.5 Å². The molecule has 0 fully saturated rings. The van der Waals surface area contributed by atoms with E-state index in [0.29, 0.717) is 6.04 Å². The molecular weight excluding hydrogens is 276 g/mol. The van der Waals surface area contributed by atoms with Crippen molar-refractivity contribution in [3.63, 3.8) is 0 Å². The van der Waals surface area contributed by atoms with E-state index in [9.17, 15) is 0 Å². The average Bonchev–Trinajstić information content (AvgIpc) is 2.38. The highest BCUT2D eigenvalue weighted by Gasteiger charge is 2.05. The van der Waals surface area contributed by atoms with Crippen LogP contribution in [0.3, 0.4) is 0 Å². The number of nitrogens with zero attached hydrogens (tertiary/aromatic N) is 1. The highest BCUT2D eigenvalue weighted by Crippen LogP contribution is 2.17. The van der Waals surface area contributed by atoms with E-state index in [2.05, 4.69) is 51.4 Å². The molecule has 1 aromatic carbocycles. The largest absolute Gasteiger partial charge is 0.306 e. The molecule has 1 atom stereocenters. The van der Waals surface area contributed by atoms with Crippen LogP contribution in [0.25, 0.3) is 0 Å². The van der Waals surface area contributed by atoms with E-state index in [0.717, 1.165) is 11.0 Å². The maximum absolute atomic E-state index is 4.02. The third-order valence-electron chi connectivity index (χ3n) is 2.76. The van der Waals surface area contributed by atoms with Gasteiger partial charge in [0.2, 0.25) is 0 Å². The van der Waals surface area contributed by atoms with Crippen LogP contribution in [0.2, 0.25) is 0 Å². The summed E-state index contributed by atoms with van der Waals surface area (Å²) in [4.78, 5) is 4.02. The number of aromatic nitrogens is 1. The van der Waals surface area contributed by atoms with Gasteiger partial charge in [0.1, 0.15) is 0 Å². The molecule has 0 saturated carbocycles. The number of hydrogen-bond donors (Lipinski definition) is 1. The molecule has 2 aromatic rings. The highest BCUT2D eigenvalue weighted by molar-refractivity contribution is 9.10. The van der Waals surface area contributed by atoms with Gasteiger partial charge in [-0.15, -0.1) is 0 Å². The minimum Gasteiger partial charge on any atom is -0.306 e. The zero-order valence-electron chi connectivity index (χ0n) is 9.73. The Morgan fingerprint density at radius 1 is 1.18 bits per heavy atom. The van der Waals surface area contributed by atoms with Crippen LogP contribution >= 0.6 is 15.9 Å².